The van der Waals surface area contributed by atoms with Crippen LogP contribution in [0, 0.1) is 5.92 Å². The summed E-state index contributed by atoms with van der Waals surface area (Å²) in [4.78, 5) is 15.6. The van der Waals surface area contributed by atoms with Crippen LogP contribution in [0.25, 0.3) is 11.0 Å². The SMILES string of the molecule is CC(C)CCOC(=O)n1c(C(F)(F)F)nc2c(Cl)c(Cl)c(Cl)cc21. The summed E-state index contributed by atoms with van der Waals surface area (Å²) in [7, 11) is 0. The van der Waals surface area contributed by atoms with Crippen molar-refractivity contribution in [2.24, 2.45) is 5.92 Å². The van der Waals surface area contributed by atoms with Gasteiger partial charge in [-0.1, -0.05) is 48.7 Å². The van der Waals surface area contributed by atoms with Crippen LogP contribution in [-0.2, 0) is 10.9 Å². The zero-order valence-electron chi connectivity index (χ0n) is 12.5. The first-order chi connectivity index (χ1) is 11.0. The second kappa shape index (κ2) is 6.98. The second-order valence-electron chi connectivity index (χ2n) is 5.42. The number of benzene rings is 1. The molecular weight excluding hydrogens is 392 g/mol. The van der Waals surface area contributed by atoms with Crippen molar-refractivity contribution in [3.63, 3.8) is 0 Å². The maximum Gasteiger partial charge on any atom is 0.450 e. The van der Waals surface area contributed by atoms with Crippen LogP contribution in [0.4, 0.5) is 18.0 Å². The minimum Gasteiger partial charge on any atom is -0.449 e. The standard InChI is InChI=1S/C14H12Cl3F3N2O2/c1-6(2)3-4-24-13(23)22-8-5-7(15)9(16)10(17)11(8)21-12(22)14(18,19)20/h5-6H,3-4H2,1-2H3. The van der Waals surface area contributed by atoms with Crippen molar-refractivity contribution in [1.29, 1.82) is 0 Å². The molecule has 1 aromatic carbocycles. The summed E-state index contributed by atoms with van der Waals surface area (Å²) in [5.41, 5.74) is -0.504. The summed E-state index contributed by atoms with van der Waals surface area (Å²) in [5.74, 6) is -1.23. The lowest BCUT2D eigenvalue weighted by molar-refractivity contribution is -0.146. The maximum atomic E-state index is 13.2. The topological polar surface area (TPSA) is 44.1 Å². The number of halogens is 6. The second-order valence-corrected chi connectivity index (χ2v) is 6.58. The Morgan fingerprint density at radius 3 is 2.46 bits per heavy atom. The molecule has 1 aromatic heterocycles. The Morgan fingerprint density at radius 2 is 1.92 bits per heavy atom. The normalized spacial score (nSPS) is 12.2. The molecular formula is C14H12Cl3F3N2O2. The number of carbonyl (C=O) groups is 1. The first kappa shape index (κ1) is 19.1. The van der Waals surface area contributed by atoms with E-state index >= 15 is 0 Å². The van der Waals surface area contributed by atoms with Crippen molar-refractivity contribution >= 4 is 51.9 Å². The Kier molecular flexibility index (Phi) is 5.57. The van der Waals surface area contributed by atoms with Crippen LogP contribution in [0.2, 0.25) is 15.1 Å². The van der Waals surface area contributed by atoms with Crippen LogP contribution in [-0.4, -0.2) is 22.3 Å². The lowest BCUT2D eigenvalue weighted by atomic mass is 10.1. The van der Waals surface area contributed by atoms with Crippen LogP contribution in [0.15, 0.2) is 6.07 Å². The third-order valence-corrected chi connectivity index (χ3v) is 4.40. The van der Waals surface area contributed by atoms with Gasteiger partial charge < -0.3 is 4.74 Å². The third-order valence-electron chi connectivity index (χ3n) is 3.14. The predicted molar refractivity (Wildman–Crippen MR) is 86.0 cm³/mol. The van der Waals surface area contributed by atoms with Crippen LogP contribution < -0.4 is 0 Å². The molecule has 4 nitrogen and oxygen atoms in total. The smallest absolute Gasteiger partial charge is 0.449 e. The Balaban J connectivity index is 2.59. The number of nitrogens with zero attached hydrogens (tertiary/aromatic N) is 2. The van der Waals surface area contributed by atoms with Gasteiger partial charge in [-0.3, -0.25) is 0 Å². The van der Waals surface area contributed by atoms with Gasteiger partial charge in [0.25, 0.3) is 0 Å². The summed E-state index contributed by atoms with van der Waals surface area (Å²) in [5, 5.41) is -0.505. The fourth-order valence-corrected chi connectivity index (χ4v) is 2.57. The van der Waals surface area contributed by atoms with Crippen molar-refractivity contribution in [3.05, 3.63) is 27.0 Å². The molecule has 0 atom stereocenters. The number of ether oxygens (including phenoxy) is 1. The van der Waals surface area contributed by atoms with Gasteiger partial charge in [0.05, 0.1) is 27.2 Å². The number of imidazole rings is 1. The fraction of sp³-hybridized carbons (Fsp3) is 0.429. The summed E-state index contributed by atoms with van der Waals surface area (Å²) in [6.07, 6.45) is -5.59. The van der Waals surface area contributed by atoms with Crippen molar-refractivity contribution in [2.75, 3.05) is 6.61 Å². The quantitative estimate of drug-likeness (QED) is 0.586. The lowest BCUT2D eigenvalue weighted by Crippen LogP contribution is -2.22. The molecule has 0 amide bonds. The summed E-state index contributed by atoms with van der Waals surface area (Å²) >= 11 is 17.6. The Morgan fingerprint density at radius 1 is 1.29 bits per heavy atom. The van der Waals surface area contributed by atoms with E-state index in [1.165, 1.54) is 0 Å². The van der Waals surface area contributed by atoms with Crippen LogP contribution >= 0.6 is 34.8 Å². The van der Waals surface area contributed by atoms with E-state index in [9.17, 15) is 18.0 Å². The average Bonchev–Trinajstić information content (AvgIpc) is 2.84. The number of rotatable bonds is 3. The number of carbonyl (C=O) groups excluding carboxylic acids is 1. The number of aromatic nitrogens is 2. The van der Waals surface area contributed by atoms with E-state index in [2.05, 4.69) is 4.98 Å². The number of hydrogen-bond acceptors (Lipinski definition) is 3. The highest BCUT2D eigenvalue weighted by Gasteiger charge is 2.40. The molecule has 2 rings (SSSR count). The van der Waals surface area contributed by atoms with Gasteiger partial charge in [0.1, 0.15) is 5.52 Å². The molecule has 0 aliphatic rings. The van der Waals surface area contributed by atoms with E-state index in [1.807, 2.05) is 13.8 Å². The van der Waals surface area contributed by atoms with E-state index in [0.717, 1.165) is 6.07 Å². The molecule has 0 unspecified atom stereocenters. The largest absolute Gasteiger partial charge is 0.450 e. The zero-order chi connectivity index (χ0) is 18.2. The van der Waals surface area contributed by atoms with Crippen molar-refractivity contribution in [1.82, 2.24) is 9.55 Å². The lowest BCUT2D eigenvalue weighted by Gasteiger charge is -2.11. The van der Waals surface area contributed by atoms with E-state index in [1.54, 1.807) is 0 Å². The molecule has 10 heteroatoms. The van der Waals surface area contributed by atoms with Crippen LogP contribution in [0.3, 0.4) is 0 Å². The summed E-state index contributed by atoms with van der Waals surface area (Å²) < 4.78 is 44.9. The molecule has 24 heavy (non-hydrogen) atoms. The third kappa shape index (κ3) is 3.73. The molecule has 0 aliphatic carbocycles. The highest BCUT2D eigenvalue weighted by molar-refractivity contribution is 6.50. The van der Waals surface area contributed by atoms with Gasteiger partial charge in [-0.15, -0.1) is 0 Å². The minimum atomic E-state index is -4.89. The van der Waals surface area contributed by atoms with Gasteiger partial charge in [-0.2, -0.15) is 13.2 Å². The molecule has 132 valence electrons. The first-order valence-electron chi connectivity index (χ1n) is 6.84. The van der Waals surface area contributed by atoms with Crippen LogP contribution in [0.5, 0.6) is 0 Å². The molecule has 0 fully saturated rings. The zero-order valence-corrected chi connectivity index (χ0v) is 14.8. The molecule has 0 bridgehead atoms. The number of alkyl halides is 3. The van der Waals surface area contributed by atoms with E-state index in [4.69, 9.17) is 39.5 Å². The molecule has 0 radical (unpaired) electrons. The van der Waals surface area contributed by atoms with Gasteiger partial charge in [0, 0.05) is 0 Å². The van der Waals surface area contributed by atoms with Gasteiger partial charge in [0.2, 0.25) is 5.82 Å². The van der Waals surface area contributed by atoms with Crippen molar-refractivity contribution in [2.45, 2.75) is 26.4 Å². The molecule has 0 saturated heterocycles. The average molecular weight is 404 g/mol. The molecule has 1 heterocycles. The van der Waals surface area contributed by atoms with E-state index in [-0.39, 0.29) is 38.6 Å². The van der Waals surface area contributed by atoms with E-state index in [0.29, 0.717) is 11.0 Å². The Hall–Kier alpha value is -1.18. The highest BCUT2D eigenvalue weighted by atomic mass is 35.5. The Labute approximate surface area is 150 Å². The monoisotopic (exact) mass is 402 g/mol. The Bertz CT molecular complexity index is 788. The molecule has 0 aliphatic heterocycles. The number of hydrogen-bond donors (Lipinski definition) is 0. The molecule has 2 aromatic rings. The molecule has 0 spiro atoms. The van der Waals surface area contributed by atoms with Gasteiger partial charge in [-0.25, -0.2) is 14.3 Å². The molecule has 0 saturated carbocycles. The number of fused-ring (bicyclic) bond motifs is 1. The summed E-state index contributed by atoms with van der Waals surface area (Å²) in [6, 6.07) is 1.09. The van der Waals surface area contributed by atoms with Gasteiger partial charge in [0.15, 0.2) is 0 Å². The van der Waals surface area contributed by atoms with Crippen LogP contribution in [0.1, 0.15) is 26.1 Å². The fourth-order valence-electron chi connectivity index (χ4n) is 1.94. The first-order valence-corrected chi connectivity index (χ1v) is 7.97. The highest BCUT2D eigenvalue weighted by Crippen LogP contribution is 2.39. The van der Waals surface area contributed by atoms with E-state index < -0.39 is 18.1 Å². The van der Waals surface area contributed by atoms with Gasteiger partial charge >= 0.3 is 12.3 Å². The van der Waals surface area contributed by atoms with Gasteiger partial charge in [-0.05, 0) is 18.4 Å². The maximum absolute atomic E-state index is 13.2. The van der Waals surface area contributed by atoms with Crippen molar-refractivity contribution < 1.29 is 22.7 Å². The molecule has 0 N–H and O–H groups in total. The van der Waals surface area contributed by atoms with Crippen molar-refractivity contribution in [3.8, 4) is 0 Å². The minimum absolute atomic E-state index is 0.0253. The predicted octanol–water partition coefficient (Wildman–Crippen LogP) is 6.05. The summed E-state index contributed by atoms with van der Waals surface area (Å²) in [6.45, 7) is 3.76.